The Kier molecular flexibility index (Phi) is 5.73. The van der Waals surface area contributed by atoms with Crippen molar-refractivity contribution in [2.75, 3.05) is 16.0 Å². The SMILES string of the molecule is Cc1ccc(NC(=O)/C(C#N)=C\N(c2ccccc2)c2ccc(N)cc2)cc1. The van der Waals surface area contributed by atoms with Crippen molar-refractivity contribution in [2.45, 2.75) is 6.92 Å². The van der Waals surface area contributed by atoms with Gasteiger partial charge in [0.1, 0.15) is 11.6 Å². The van der Waals surface area contributed by atoms with Crippen molar-refractivity contribution in [2.24, 2.45) is 0 Å². The number of aryl methyl sites for hydroxylation is 1. The lowest BCUT2D eigenvalue weighted by molar-refractivity contribution is -0.112. The van der Waals surface area contributed by atoms with E-state index in [0.29, 0.717) is 11.4 Å². The van der Waals surface area contributed by atoms with E-state index in [1.165, 1.54) is 6.20 Å². The number of carbonyl (C=O) groups excluding carboxylic acids is 1. The summed E-state index contributed by atoms with van der Waals surface area (Å²) in [5.41, 5.74) is 9.75. The van der Waals surface area contributed by atoms with Gasteiger partial charge in [-0.25, -0.2) is 0 Å². The van der Waals surface area contributed by atoms with E-state index in [1.807, 2.05) is 67.6 Å². The molecule has 3 aromatic carbocycles. The normalized spacial score (nSPS) is 10.8. The molecular weight excluding hydrogens is 348 g/mol. The summed E-state index contributed by atoms with van der Waals surface area (Å²) in [6.07, 6.45) is 1.53. The zero-order chi connectivity index (χ0) is 19.9. The number of nitrogen functional groups attached to an aromatic ring is 1. The molecule has 0 aliphatic rings. The maximum atomic E-state index is 12.6. The van der Waals surface area contributed by atoms with Crippen LogP contribution in [0.1, 0.15) is 5.56 Å². The van der Waals surface area contributed by atoms with Crippen LogP contribution in [0, 0.1) is 18.3 Å². The molecule has 0 saturated heterocycles. The zero-order valence-electron chi connectivity index (χ0n) is 15.5. The molecule has 28 heavy (non-hydrogen) atoms. The summed E-state index contributed by atoms with van der Waals surface area (Å²) in [5, 5.41) is 12.3. The Balaban J connectivity index is 1.94. The highest BCUT2D eigenvalue weighted by Gasteiger charge is 2.14. The molecule has 0 aliphatic carbocycles. The number of carbonyl (C=O) groups is 1. The number of nitriles is 1. The van der Waals surface area contributed by atoms with Gasteiger partial charge < -0.3 is 16.0 Å². The summed E-state index contributed by atoms with van der Waals surface area (Å²) < 4.78 is 0. The average Bonchev–Trinajstić information content (AvgIpc) is 2.72. The minimum absolute atomic E-state index is 0.0127. The predicted molar refractivity (Wildman–Crippen MR) is 113 cm³/mol. The maximum absolute atomic E-state index is 12.6. The molecule has 0 saturated carbocycles. The molecule has 1 amide bonds. The van der Waals surface area contributed by atoms with Gasteiger partial charge in [-0.1, -0.05) is 35.9 Å². The molecule has 5 heteroatoms. The topological polar surface area (TPSA) is 82.2 Å². The Morgan fingerprint density at radius 1 is 0.964 bits per heavy atom. The van der Waals surface area contributed by atoms with Crippen molar-refractivity contribution in [3.63, 3.8) is 0 Å². The van der Waals surface area contributed by atoms with Gasteiger partial charge in [-0.2, -0.15) is 5.26 Å². The number of nitrogens with one attached hydrogen (secondary N) is 1. The highest BCUT2D eigenvalue weighted by molar-refractivity contribution is 6.07. The first-order valence-electron chi connectivity index (χ1n) is 8.76. The molecule has 0 aliphatic heterocycles. The van der Waals surface area contributed by atoms with Crippen LogP contribution in [0.4, 0.5) is 22.7 Å². The molecule has 3 aromatic rings. The van der Waals surface area contributed by atoms with Crippen LogP contribution in [0.2, 0.25) is 0 Å². The minimum Gasteiger partial charge on any atom is -0.399 e. The van der Waals surface area contributed by atoms with Crippen LogP contribution in [-0.4, -0.2) is 5.91 Å². The molecular formula is C23H20N4O. The minimum atomic E-state index is -0.470. The average molecular weight is 368 g/mol. The Morgan fingerprint density at radius 3 is 2.18 bits per heavy atom. The van der Waals surface area contributed by atoms with E-state index >= 15 is 0 Å². The summed E-state index contributed by atoms with van der Waals surface area (Å²) >= 11 is 0. The van der Waals surface area contributed by atoms with E-state index < -0.39 is 5.91 Å². The second kappa shape index (κ2) is 8.56. The van der Waals surface area contributed by atoms with Gasteiger partial charge in [-0.15, -0.1) is 0 Å². The maximum Gasteiger partial charge on any atom is 0.267 e. The van der Waals surface area contributed by atoms with Crippen molar-refractivity contribution in [3.05, 3.63) is 96.2 Å². The number of hydrogen-bond donors (Lipinski definition) is 2. The summed E-state index contributed by atoms with van der Waals surface area (Å²) in [6.45, 7) is 1.97. The number of hydrogen-bond acceptors (Lipinski definition) is 4. The van der Waals surface area contributed by atoms with Crippen molar-refractivity contribution in [1.29, 1.82) is 5.26 Å². The molecule has 0 unspecified atom stereocenters. The van der Waals surface area contributed by atoms with Gasteiger partial charge in [0.2, 0.25) is 0 Å². The van der Waals surface area contributed by atoms with Crippen LogP contribution in [0.25, 0.3) is 0 Å². The monoisotopic (exact) mass is 368 g/mol. The Hall–Kier alpha value is -4.04. The Bertz CT molecular complexity index is 1020. The van der Waals surface area contributed by atoms with Crippen LogP contribution < -0.4 is 16.0 Å². The number of rotatable bonds is 5. The van der Waals surface area contributed by atoms with Crippen molar-refractivity contribution in [3.8, 4) is 6.07 Å². The first-order valence-corrected chi connectivity index (χ1v) is 8.76. The molecule has 5 nitrogen and oxygen atoms in total. The summed E-state index contributed by atoms with van der Waals surface area (Å²) in [4.78, 5) is 14.4. The highest BCUT2D eigenvalue weighted by Crippen LogP contribution is 2.27. The fraction of sp³-hybridized carbons (Fsp3) is 0.0435. The summed E-state index contributed by atoms with van der Waals surface area (Å²) in [7, 11) is 0. The number of nitrogens with zero attached hydrogens (tertiary/aromatic N) is 2. The van der Waals surface area contributed by atoms with Gasteiger partial charge >= 0.3 is 0 Å². The lowest BCUT2D eigenvalue weighted by Crippen LogP contribution is -2.17. The lowest BCUT2D eigenvalue weighted by Gasteiger charge is -2.21. The third kappa shape index (κ3) is 4.57. The molecule has 138 valence electrons. The van der Waals surface area contributed by atoms with Crippen LogP contribution in [0.15, 0.2) is 90.6 Å². The standard InChI is InChI=1S/C23H20N4O/c1-17-7-11-20(12-8-17)26-23(28)18(15-24)16-27(21-5-3-2-4-6-21)22-13-9-19(25)10-14-22/h2-14,16H,25H2,1H3,(H,26,28)/b18-16-. The van der Waals surface area contributed by atoms with Crippen molar-refractivity contribution >= 4 is 28.7 Å². The molecule has 0 heterocycles. The molecule has 0 aromatic heterocycles. The number of para-hydroxylation sites is 1. The third-order valence-electron chi connectivity index (χ3n) is 4.14. The van der Waals surface area contributed by atoms with Crippen LogP contribution >= 0.6 is 0 Å². The van der Waals surface area contributed by atoms with Crippen molar-refractivity contribution < 1.29 is 4.79 Å². The fourth-order valence-corrected chi connectivity index (χ4v) is 2.62. The molecule has 3 rings (SSSR count). The van der Waals surface area contributed by atoms with E-state index in [0.717, 1.165) is 16.9 Å². The Morgan fingerprint density at radius 2 is 1.57 bits per heavy atom. The van der Waals surface area contributed by atoms with Gasteiger partial charge in [0, 0.05) is 28.9 Å². The Labute approximate surface area is 164 Å². The van der Waals surface area contributed by atoms with E-state index in [9.17, 15) is 10.1 Å². The summed E-state index contributed by atoms with van der Waals surface area (Å²) in [5.74, 6) is -0.470. The van der Waals surface area contributed by atoms with E-state index in [4.69, 9.17) is 5.73 Å². The van der Waals surface area contributed by atoms with Crippen LogP contribution in [0.5, 0.6) is 0 Å². The molecule has 3 N–H and O–H groups in total. The largest absolute Gasteiger partial charge is 0.399 e. The molecule has 0 radical (unpaired) electrons. The number of anilines is 4. The molecule has 0 bridgehead atoms. The van der Waals surface area contributed by atoms with Crippen molar-refractivity contribution in [1.82, 2.24) is 0 Å². The summed E-state index contributed by atoms with van der Waals surface area (Å²) in [6, 6.07) is 26.1. The van der Waals surface area contributed by atoms with E-state index in [-0.39, 0.29) is 5.57 Å². The first-order chi connectivity index (χ1) is 13.6. The fourth-order valence-electron chi connectivity index (χ4n) is 2.62. The third-order valence-corrected chi connectivity index (χ3v) is 4.14. The second-order valence-electron chi connectivity index (χ2n) is 6.27. The first kappa shape index (κ1) is 18.7. The van der Waals surface area contributed by atoms with Gasteiger partial charge in [0.05, 0.1) is 0 Å². The van der Waals surface area contributed by atoms with Gasteiger partial charge in [0.15, 0.2) is 0 Å². The van der Waals surface area contributed by atoms with Crippen LogP contribution in [0.3, 0.4) is 0 Å². The highest BCUT2D eigenvalue weighted by atomic mass is 16.1. The van der Waals surface area contributed by atoms with Gasteiger partial charge in [0.25, 0.3) is 5.91 Å². The quantitative estimate of drug-likeness (QED) is 0.386. The smallest absolute Gasteiger partial charge is 0.267 e. The van der Waals surface area contributed by atoms with E-state index in [2.05, 4.69) is 5.32 Å². The predicted octanol–water partition coefficient (Wildman–Crippen LogP) is 4.76. The van der Waals surface area contributed by atoms with E-state index in [1.54, 1.807) is 29.2 Å². The molecule has 0 fully saturated rings. The number of amides is 1. The number of nitrogens with two attached hydrogens (primary N) is 1. The second-order valence-corrected chi connectivity index (χ2v) is 6.27. The lowest BCUT2D eigenvalue weighted by atomic mass is 10.2. The zero-order valence-corrected chi connectivity index (χ0v) is 15.5. The van der Waals surface area contributed by atoms with Gasteiger partial charge in [-0.05, 0) is 55.5 Å². The molecule has 0 atom stereocenters. The van der Waals surface area contributed by atoms with Gasteiger partial charge in [-0.3, -0.25) is 4.79 Å². The van der Waals surface area contributed by atoms with Crippen LogP contribution in [-0.2, 0) is 4.79 Å². The molecule has 0 spiro atoms. The number of benzene rings is 3.